The Balaban J connectivity index is 2.81. The largest absolute Gasteiger partial charge is 0.491 e. The van der Waals surface area contributed by atoms with Crippen molar-refractivity contribution in [2.45, 2.75) is 33.1 Å². The average molecular weight is 329 g/mol. The van der Waals surface area contributed by atoms with E-state index in [9.17, 15) is 4.79 Å². The molecule has 0 bridgehead atoms. The summed E-state index contributed by atoms with van der Waals surface area (Å²) < 4.78 is 5.62. The maximum Gasteiger partial charge on any atom is 0.322 e. The highest BCUT2D eigenvalue weighted by molar-refractivity contribution is 6.31. The van der Waals surface area contributed by atoms with Gasteiger partial charge in [-0.1, -0.05) is 31.9 Å². The number of hydrogen-bond donors (Lipinski definition) is 2. The van der Waals surface area contributed by atoms with Crippen LogP contribution in [0.5, 0.6) is 5.75 Å². The number of nitrogens with one attached hydrogen (secondary N) is 1. The highest BCUT2D eigenvalue weighted by Crippen LogP contribution is 2.28. The van der Waals surface area contributed by atoms with Crippen LogP contribution in [0, 0.1) is 0 Å². The second-order valence-electron chi connectivity index (χ2n) is 4.98. The molecule has 0 saturated carbocycles. The third-order valence-corrected chi connectivity index (χ3v) is 3.32. The average Bonchev–Trinajstić information content (AvgIpc) is 2.50. The number of anilines is 1. The van der Waals surface area contributed by atoms with Gasteiger partial charge in [-0.15, -0.1) is 0 Å². The number of aliphatic hydroxyl groups excluding tert-OH is 1. The van der Waals surface area contributed by atoms with Gasteiger partial charge in [-0.2, -0.15) is 0 Å². The SMILES string of the molecule is CCCCN(CCO)C(=O)Nc1cc(Cl)ccc1OCCC. The molecule has 1 rings (SSSR count). The van der Waals surface area contributed by atoms with Gasteiger partial charge in [-0.3, -0.25) is 0 Å². The molecule has 0 spiro atoms. The molecule has 0 unspecified atom stereocenters. The number of benzene rings is 1. The van der Waals surface area contributed by atoms with Crippen LogP contribution in [0.25, 0.3) is 0 Å². The highest BCUT2D eigenvalue weighted by Gasteiger charge is 2.15. The molecule has 5 nitrogen and oxygen atoms in total. The van der Waals surface area contributed by atoms with Gasteiger partial charge in [-0.25, -0.2) is 4.79 Å². The van der Waals surface area contributed by atoms with E-state index in [1.54, 1.807) is 23.1 Å². The normalized spacial score (nSPS) is 10.4. The lowest BCUT2D eigenvalue weighted by Gasteiger charge is -2.23. The van der Waals surface area contributed by atoms with Gasteiger partial charge in [0.25, 0.3) is 0 Å². The third-order valence-electron chi connectivity index (χ3n) is 3.08. The molecule has 0 fully saturated rings. The van der Waals surface area contributed by atoms with Gasteiger partial charge in [-0.05, 0) is 31.0 Å². The summed E-state index contributed by atoms with van der Waals surface area (Å²) in [7, 11) is 0. The minimum absolute atomic E-state index is 0.0636. The molecule has 0 heterocycles. The topological polar surface area (TPSA) is 61.8 Å². The lowest BCUT2D eigenvalue weighted by Crippen LogP contribution is -2.37. The van der Waals surface area contributed by atoms with Gasteiger partial charge < -0.3 is 20.1 Å². The Morgan fingerprint density at radius 3 is 2.73 bits per heavy atom. The number of carbonyl (C=O) groups excluding carboxylic acids is 1. The second-order valence-corrected chi connectivity index (χ2v) is 5.42. The summed E-state index contributed by atoms with van der Waals surface area (Å²) in [6, 6.07) is 4.88. The zero-order valence-electron chi connectivity index (χ0n) is 13.3. The van der Waals surface area contributed by atoms with E-state index in [-0.39, 0.29) is 12.6 Å². The Morgan fingerprint density at radius 2 is 2.09 bits per heavy atom. The summed E-state index contributed by atoms with van der Waals surface area (Å²) in [6.07, 6.45) is 2.75. The van der Waals surface area contributed by atoms with Crippen molar-refractivity contribution in [3.8, 4) is 5.75 Å². The number of aliphatic hydroxyl groups is 1. The van der Waals surface area contributed by atoms with Crippen LogP contribution < -0.4 is 10.1 Å². The molecule has 1 aromatic carbocycles. The van der Waals surface area contributed by atoms with E-state index in [0.29, 0.717) is 36.2 Å². The lowest BCUT2D eigenvalue weighted by molar-refractivity contribution is 0.187. The molecule has 0 aliphatic carbocycles. The standard InChI is InChI=1S/C16H25ClN2O3/c1-3-5-8-19(9-10-20)16(21)18-14-12-13(17)6-7-15(14)22-11-4-2/h6-7,12,20H,3-5,8-11H2,1-2H3,(H,18,21). The number of ether oxygens (including phenoxy) is 1. The maximum absolute atomic E-state index is 12.4. The first-order valence-corrected chi connectivity index (χ1v) is 8.09. The number of unbranched alkanes of at least 4 members (excludes halogenated alkanes) is 1. The number of urea groups is 1. The van der Waals surface area contributed by atoms with Crippen molar-refractivity contribution in [3.05, 3.63) is 23.2 Å². The summed E-state index contributed by atoms with van der Waals surface area (Å²) in [5.41, 5.74) is 0.547. The molecule has 22 heavy (non-hydrogen) atoms. The molecule has 0 aliphatic rings. The van der Waals surface area contributed by atoms with Crippen LogP contribution in [0.3, 0.4) is 0 Å². The minimum atomic E-state index is -0.258. The lowest BCUT2D eigenvalue weighted by atomic mass is 10.3. The molecule has 0 aromatic heterocycles. The number of hydrogen-bond acceptors (Lipinski definition) is 3. The van der Waals surface area contributed by atoms with E-state index in [0.717, 1.165) is 19.3 Å². The fraction of sp³-hybridized carbons (Fsp3) is 0.562. The Bertz CT molecular complexity index is 469. The van der Waals surface area contributed by atoms with Crippen molar-refractivity contribution < 1.29 is 14.6 Å². The van der Waals surface area contributed by atoms with Crippen LogP contribution >= 0.6 is 11.6 Å². The summed E-state index contributed by atoms with van der Waals surface area (Å²) >= 11 is 6.00. The molecule has 2 N–H and O–H groups in total. The van der Waals surface area contributed by atoms with Gasteiger partial charge in [0.05, 0.1) is 18.9 Å². The molecule has 1 aromatic rings. The van der Waals surface area contributed by atoms with E-state index >= 15 is 0 Å². The van der Waals surface area contributed by atoms with E-state index in [4.69, 9.17) is 21.4 Å². The van der Waals surface area contributed by atoms with Crippen molar-refractivity contribution in [1.82, 2.24) is 4.90 Å². The molecular formula is C16H25ClN2O3. The third kappa shape index (κ3) is 6.12. The first kappa shape index (κ1) is 18.6. The van der Waals surface area contributed by atoms with Gasteiger partial charge >= 0.3 is 6.03 Å². The van der Waals surface area contributed by atoms with Crippen LogP contribution in [-0.2, 0) is 0 Å². The summed E-state index contributed by atoms with van der Waals surface area (Å²) in [5.74, 6) is 0.596. The van der Waals surface area contributed by atoms with Crippen LogP contribution in [0.15, 0.2) is 18.2 Å². The van der Waals surface area contributed by atoms with E-state index in [1.807, 2.05) is 6.92 Å². The van der Waals surface area contributed by atoms with Gasteiger partial charge in [0.1, 0.15) is 5.75 Å². The number of halogens is 1. The van der Waals surface area contributed by atoms with Gasteiger partial charge in [0.2, 0.25) is 0 Å². The minimum Gasteiger partial charge on any atom is -0.491 e. The molecule has 0 radical (unpaired) electrons. The van der Waals surface area contributed by atoms with Gasteiger partial charge in [0.15, 0.2) is 0 Å². The Kier molecular flexibility index (Phi) is 8.70. The summed E-state index contributed by atoms with van der Waals surface area (Å²) in [5, 5.41) is 12.4. The van der Waals surface area contributed by atoms with Crippen molar-refractivity contribution in [1.29, 1.82) is 0 Å². The quantitative estimate of drug-likeness (QED) is 0.725. The van der Waals surface area contributed by atoms with E-state index < -0.39 is 0 Å². The van der Waals surface area contributed by atoms with Crippen molar-refractivity contribution in [2.75, 3.05) is 31.6 Å². The second kappa shape index (κ2) is 10.3. The number of amides is 2. The zero-order valence-corrected chi connectivity index (χ0v) is 14.0. The first-order valence-electron chi connectivity index (χ1n) is 7.71. The Morgan fingerprint density at radius 1 is 1.32 bits per heavy atom. The number of carbonyl (C=O) groups is 1. The Hall–Kier alpha value is -1.46. The molecule has 124 valence electrons. The molecule has 0 aliphatic heterocycles. The predicted molar refractivity (Wildman–Crippen MR) is 89.8 cm³/mol. The fourth-order valence-corrected chi connectivity index (χ4v) is 2.09. The number of rotatable bonds is 9. The van der Waals surface area contributed by atoms with E-state index in [2.05, 4.69) is 12.2 Å². The summed E-state index contributed by atoms with van der Waals surface area (Å²) in [6.45, 7) is 5.49. The first-order chi connectivity index (χ1) is 10.6. The highest BCUT2D eigenvalue weighted by atomic mass is 35.5. The van der Waals surface area contributed by atoms with Crippen LogP contribution in [0.4, 0.5) is 10.5 Å². The molecule has 0 atom stereocenters. The van der Waals surface area contributed by atoms with Crippen molar-refractivity contribution >= 4 is 23.3 Å². The maximum atomic E-state index is 12.4. The monoisotopic (exact) mass is 328 g/mol. The van der Waals surface area contributed by atoms with Crippen molar-refractivity contribution in [2.24, 2.45) is 0 Å². The smallest absolute Gasteiger partial charge is 0.322 e. The fourth-order valence-electron chi connectivity index (χ4n) is 1.92. The number of nitrogens with zero attached hydrogens (tertiary/aromatic N) is 1. The summed E-state index contributed by atoms with van der Waals surface area (Å²) in [4.78, 5) is 13.9. The molecule has 6 heteroatoms. The predicted octanol–water partition coefficient (Wildman–Crippen LogP) is 3.76. The molecule has 2 amide bonds. The Labute approximate surface area is 137 Å². The molecular weight excluding hydrogens is 304 g/mol. The van der Waals surface area contributed by atoms with Gasteiger partial charge in [0, 0.05) is 18.1 Å². The molecule has 0 saturated heterocycles. The van der Waals surface area contributed by atoms with E-state index in [1.165, 1.54) is 0 Å². The zero-order chi connectivity index (χ0) is 16.4. The van der Waals surface area contributed by atoms with Crippen molar-refractivity contribution in [3.63, 3.8) is 0 Å². The van der Waals surface area contributed by atoms with Crippen LogP contribution in [-0.4, -0.2) is 42.3 Å². The van der Waals surface area contributed by atoms with Crippen LogP contribution in [0.1, 0.15) is 33.1 Å². The van der Waals surface area contributed by atoms with Crippen LogP contribution in [0.2, 0.25) is 5.02 Å².